The number of piperazine rings is 1. The van der Waals surface area contributed by atoms with Crippen LogP contribution in [0.25, 0.3) is 11.0 Å². The zero-order valence-electron chi connectivity index (χ0n) is 16.0. The Morgan fingerprint density at radius 1 is 1.07 bits per heavy atom. The molecular weight excluding hydrogens is 392 g/mol. The highest BCUT2D eigenvalue weighted by molar-refractivity contribution is 6.33. The second-order valence-corrected chi connectivity index (χ2v) is 7.37. The van der Waals surface area contributed by atoms with Crippen molar-refractivity contribution in [3.05, 3.63) is 73.8 Å². The van der Waals surface area contributed by atoms with Crippen LogP contribution in [0.15, 0.2) is 52.1 Å². The SMILES string of the molecule is CCn1c(=O)c(=O)[nH]c2cc(C(=O)N3CCN(c4ccccc4Cl)CC3)ccc21. The molecule has 1 aromatic heterocycles. The smallest absolute Gasteiger partial charge is 0.316 e. The summed E-state index contributed by atoms with van der Waals surface area (Å²) in [6.07, 6.45) is 0. The maximum Gasteiger partial charge on any atom is 0.316 e. The predicted molar refractivity (Wildman–Crippen MR) is 114 cm³/mol. The van der Waals surface area contributed by atoms with E-state index in [4.69, 9.17) is 11.6 Å². The van der Waals surface area contributed by atoms with Gasteiger partial charge in [-0.3, -0.25) is 14.4 Å². The molecule has 0 saturated carbocycles. The topological polar surface area (TPSA) is 78.4 Å². The van der Waals surface area contributed by atoms with Crippen LogP contribution in [0.1, 0.15) is 17.3 Å². The van der Waals surface area contributed by atoms with Crippen molar-refractivity contribution < 1.29 is 4.79 Å². The fourth-order valence-electron chi connectivity index (χ4n) is 3.77. The molecule has 8 heteroatoms. The number of benzene rings is 2. The van der Waals surface area contributed by atoms with E-state index < -0.39 is 11.1 Å². The van der Waals surface area contributed by atoms with Crippen molar-refractivity contribution in [2.45, 2.75) is 13.5 Å². The Hall–Kier alpha value is -3.06. The third kappa shape index (κ3) is 3.53. The number of carbonyl (C=O) groups excluding carboxylic acids is 1. The van der Waals surface area contributed by atoms with Crippen molar-refractivity contribution in [1.82, 2.24) is 14.5 Å². The van der Waals surface area contributed by atoms with Crippen molar-refractivity contribution in [3.63, 3.8) is 0 Å². The molecule has 0 bridgehead atoms. The maximum atomic E-state index is 13.0. The lowest BCUT2D eigenvalue weighted by atomic mass is 10.1. The number of carbonyl (C=O) groups is 1. The Kier molecular flexibility index (Phi) is 5.15. The Morgan fingerprint density at radius 2 is 1.79 bits per heavy atom. The van der Waals surface area contributed by atoms with Gasteiger partial charge in [0.05, 0.1) is 21.7 Å². The van der Waals surface area contributed by atoms with Gasteiger partial charge in [0.25, 0.3) is 5.91 Å². The number of hydrogen-bond acceptors (Lipinski definition) is 4. The second-order valence-electron chi connectivity index (χ2n) is 6.97. The van der Waals surface area contributed by atoms with E-state index in [1.54, 1.807) is 30.0 Å². The number of amides is 1. The fourth-order valence-corrected chi connectivity index (χ4v) is 4.02. The van der Waals surface area contributed by atoms with Gasteiger partial charge in [-0.2, -0.15) is 0 Å². The van der Waals surface area contributed by atoms with Crippen molar-refractivity contribution in [3.8, 4) is 0 Å². The highest BCUT2D eigenvalue weighted by atomic mass is 35.5. The highest BCUT2D eigenvalue weighted by Gasteiger charge is 2.23. The number of H-pyrrole nitrogens is 1. The Balaban J connectivity index is 1.55. The zero-order valence-corrected chi connectivity index (χ0v) is 16.8. The number of aryl methyl sites for hydroxylation is 1. The lowest BCUT2D eigenvalue weighted by molar-refractivity contribution is 0.0747. The van der Waals surface area contributed by atoms with Gasteiger partial charge in [-0.25, -0.2) is 0 Å². The van der Waals surface area contributed by atoms with Crippen LogP contribution in [0, 0.1) is 0 Å². The van der Waals surface area contributed by atoms with Crippen molar-refractivity contribution in [1.29, 1.82) is 0 Å². The Morgan fingerprint density at radius 3 is 2.48 bits per heavy atom. The molecule has 4 rings (SSSR count). The molecule has 1 saturated heterocycles. The lowest BCUT2D eigenvalue weighted by Crippen LogP contribution is -2.48. The number of fused-ring (bicyclic) bond motifs is 1. The first kappa shape index (κ1) is 19.3. The van der Waals surface area contributed by atoms with Crippen LogP contribution in [0.3, 0.4) is 0 Å². The second kappa shape index (κ2) is 7.75. The Labute approximate surface area is 172 Å². The number of nitrogens with zero attached hydrogens (tertiary/aromatic N) is 3. The molecule has 1 fully saturated rings. The molecule has 1 amide bonds. The summed E-state index contributed by atoms with van der Waals surface area (Å²) >= 11 is 6.28. The number of nitrogens with one attached hydrogen (secondary N) is 1. The van der Waals surface area contributed by atoms with E-state index in [-0.39, 0.29) is 5.91 Å². The number of halogens is 1. The molecular formula is C21H21ClN4O3. The van der Waals surface area contributed by atoms with Gasteiger partial charge < -0.3 is 19.4 Å². The average molecular weight is 413 g/mol. The summed E-state index contributed by atoms with van der Waals surface area (Å²) < 4.78 is 1.41. The molecule has 2 aromatic carbocycles. The van der Waals surface area contributed by atoms with Crippen LogP contribution in [0.5, 0.6) is 0 Å². The molecule has 29 heavy (non-hydrogen) atoms. The molecule has 0 radical (unpaired) electrons. The number of para-hydroxylation sites is 1. The van der Waals surface area contributed by atoms with E-state index in [0.717, 1.165) is 5.69 Å². The van der Waals surface area contributed by atoms with Crippen LogP contribution >= 0.6 is 11.6 Å². The van der Waals surface area contributed by atoms with Gasteiger partial charge >= 0.3 is 11.1 Å². The van der Waals surface area contributed by atoms with Gasteiger partial charge in [0.2, 0.25) is 0 Å². The summed E-state index contributed by atoms with van der Waals surface area (Å²) in [7, 11) is 0. The number of aromatic amines is 1. The number of anilines is 1. The molecule has 2 heterocycles. The minimum absolute atomic E-state index is 0.0965. The molecule has 7 nitrogen and oxygen atoms in total. The van der Waals surface area contributed by atoms with Crippen LogP contribution in [-0.4, -0.2) is 46.5 Å². The quantitative estimate of drug-likeness (QED) is 0.670. The minimum Gasteiger partial charge on any atom is -0.367 e. The minimum atomic E-state index is -0.683. The first-order valence-corrected chi connectivity index (χ1v) is 9.93. The summed E-state index contributed by atoms with van der Waals surface area (Å²) in [6, 6.07) is 12.7. The first-order chi connectivity index (χ1) is 14.0. The van der Waals surface area contributed by atoms with Gasteiger partial charge in [0, 0.05) is 38.3 Å². The molecule has 1 aliphatic heterocycles. The molecule has 0 unspecified atom stereocenters. The summed E-state index contributed by atoms with van der Waals surface area (Å²) in [5, 5.41) is 0.702. The number of aromatic nitrogens is 2. The zero-order chi connectivity index (χ0) is 20.5. The number of rotatable bonds is 3. The summed E-state index contributed by atoms with van der Waals surface area (Å²) in [6.45, 7) is 4.72. The maximum absolute atomic E-state index is 13.0. The monoisotopic (exact) mass is 412 g/mol. The van der Waals surface area contributed by atoms with Crippen molar-refractivity contribution in [2.24, 2.45) is 0 Å². The van der Waals surface area contributed by atoms with Gasteiger partial charge in [-0.15, -0.1) is 0 Å². The first-order valence-electron chi connectivity index (χ1n) is 9.55. The summed E-state index contributed by atoms with van der Waals surface area (Å²) in [5.41, 5.74) is 1.28. The van der Waals surface area contributed by atoms with E-state index in [9.17, 15) is 14.4 Å². The highest BCUT2D eigenvalue weighted by Crippen LogP contribution is 2.26. The fraction of sp³-hybridized carbons (Fsp3) is 0.286. The van der Waals surface area contributed by atoms with Gasteiger partial charge in [0.1, 0.15) is 0 Å². The van der Waals surface area contributed by atoms with Crippen LogP contribution in [0.2, 0.25) is 5.02 Å². The van der Waals surface area contributed by atoms with Gasteiger partial charge in [0.15, 0.2) is 0 Å². The van der Waals surface area contributed by atoms with E-state index in [1.807, 2.05) is 24.3 Å². The Bertz CT molecular complexity index is 1190. The van der Waals surface area contributed by atoms with Crippen LogP contribution < -0.4 is 16.0 Å². The molecule has 150 valence electrons. The third-order valence-corrected chi connectivity index (χ3v) is 5.62. The molecule has 0 aliphatic carbocycles. The summed E-state index contributed by atoms with van der Waals surface area (Å²) in [4.78, 5) is 43.4. The molecule has 0 atom stereocenters. The average Bonchev–Trinajstić information content (AvgIpc) is 2.74. The van der Waals surface area contributed by atoms with Gasteiger partial charge in [-0.1, -0.05) is 23.7 Å². The van der Waals surface area contributed by atoms with Gasteiger partial charge in [-0.05, 0) is 37.3 Å². The van der Waals surface area contributed by atoms with Crippen molar-refractivity contribution >= 4 is 34.2 Å². The standard InChI is InChI=1S/C21H21ClN4O3/c1-2-26-18-8-7-14(13-16(18)23-19(27)21(26)29)20(28)25-11-9-24(10-12-25)17-6-4-3-5-15(17)22/h3-8,13H,2,9-12H2,1H3,(H,23,27). The largest absolute Gasteiger partial charge is 0.367 e. The van der Waals surface area contributed by atoms with E-state index in [0.29, 0.717) is 54.3 Å². The molecule has 3 aromatic rings. The van der Waals surface area contributed by atoms with Crippen LogP contribution in [-0.2, 0) is 6.54 Å². The van der Waals surface area contributed by atoms with E-state index in [2.05, 4.69) is 9.88 Å². The molecule has 0 spiro atoms. The predicted octanol–water partition coefficient (Wildman–Crippen LogP) is 2.33. The van der Waals surface area contributed by atoms with Crippen molar-refractivity contribution in [2.75, 3.05) is 31.1 Å². The third-order valence-electron chi connectivity index (χ3n) is 5.30. The molecule has 1 aliphatic rings. The number of hydrogen-bond donors (Lipinski definition) is 1. The summed E-state index contributed by atoms with van der Waals surface area (Å²) in [5.74, 6) is -0.0965. The molecule has 1 N–H and O–H groups in total. The van der Waals surface area contributed by atoms with E-state index >= 15 is 0 Å². The van der Waals surface area contributed by atoms with E-state index in [1.165, 1.54) is 4.57 Å². The lowest BCUT2D eigenvalue weighted by Gasteiger charge is -2.36. The normalized spacial score (nSPS) is 14.4. The van der Waals surface area contributed by atoms with Crippen LogP contribution in [0.4, 0.5) is 5.69 Å².